The lowest BCUT2D eigenvalue weighted by Gasteiger charge is -2.40. The topological polar surface area (TPSA) is 52.9 Å². The van der Waals surface area contributed by atoms with E-state index in [0.717, 1.165) is 19.4 Å². The van der Waals surface area contributed by atoms with Crippen LogP contribution in [-0.2, 0) is 4.74 Å². The summed E-state index contributed by atoms with van der Waals surface area (Å²) in [4.78, 5) is 2.05. The third kappa shape index (κ3) is 3.28. The number of aliphatic hydroxyl groups is 2. The zero-order chi connectivity index (χ0) is 11.4. The molecule has 0 aliphatic carbocycles. The minimum atomic E-state index is -1.06. The molecular weight excluding hydrogens is 194 g/mol. The van der Waals surface area contributed by atoms with Gasteiger partial charge in [0.1, 0.15) is 6.10 Å². The van der Waals surface area contributed by atoms with E-state index >= 15 is 0 Å². The third-order valence-corrected chi connectivity index (χ3v) is 2.88. The molecule has 0 bridgehead atoms. The normalized spacial score (nSPS) is 36.9. The lowest BCUT2D eigenvalue weighted by atomic mass is 9.99. The molecule has 4 nitrogen and oxygen atoms in total. The average Bonchev–Trinajstić information content (AvgIpc) is 2.19. The van der Waals surface area contributed by atoms with Crippen LogP contribution in [0.1, 0.15) is 19.8 Å². The minimum absolute atomic E-state index is 0.0143. The average molecular weight is 215 g/mol. The highest BCUT2D eigenvalue weighted by molar-refractivity contribution is 4.86. The summed E-state index contributed by atoms with van der Waals surface area (Å²) in [5, 5.41) is 19.3. The fourth-order valence-corrected chi connectivity index (χ4v) is 1.95. The molecule has 0 radical (unpaired) electrons. The Morgan fingerprint density at radius 3 is 2.80 bits per heavy atom. The second-order valence-electron chi connectivity index (χ2n) is 4.19. The van der Waals surface area contributed by atoms with Gasteiger partial charge < -0.3 is 19.8 Å². The van der Waals surface area contributed by atoms with Gasteiger partial charge in [0.2, 0.25) is 0 Å². The summed E-state index contributed by atoms with van der Waals surface area (Å²) in [5.74, 6) is 0. The van der Waals surface area contributed by atoms with Gasteiger partial charge in [-0.15, -0.1) is 6.58 Å². The lowest BCUT2D eigenvalue weighted by Crippen LogP contribution is -2.54. The Kier molecular flexibility index (Phi) is 4.73. The number of ether oxygens (including phenoxy) is 1. The zero-order valence-electron chi connectivity index (χ0n) is 9.47. The molecule has 2 N–H and O–H groups in total. The Labute approximate surface area is 91.2 Å². The Balaban J connectivity index is 2.53. The first-order valence-corrected chi connectivity index (χ1v) is 5.39. The highest BCUT2D eigenvalue weighted by Crippen LogP contribution is 2.22. The van der Waals surface area contributed by atoms with Crippen LogP contribution in [0.3, 0.4) is 0 Å². The Hall–Kier alpha value is -0.420. The van der Waals surface area contributed by atoms with Crippen molar-refractivity contribution >= 4 is 0 Å². The maximum absolute atomic E-state index is 9.78. The van der Waals surface area contributed by atoms with Gasteiger partial charge in [0, 0.05) is 12.6 Å². The number of nitrogens with zero attached hydrogens (tertiary/aromatic N) is 1. The number of hydrogen-bond donors (Lipinski definition) is 2. The molecule has 1 fully saturated rings. The van der Waals surface area contributed by atoms with Crippen molar-refractivity contribution < 1.29 is 14.9 Å². The van der Waals surface area contributed by atoms with E-state index in [1.54, 1.807) is 0 Å². The van der Waals surface area contributed by atoms with Crippen molar-refractivity contribution in [3.8, 4) is 0 Å². The van der Waals surface area contributed by atoms with E-state index in [0.29, 0.717) is 0 Å². The molecule has 15 heavy (non-hydrogen) atoms. The van der Waals surface area contributed by atoms with Crippen molar-refractivity contribution in [2.24, 2.45) is 0 Å². The second kappa shape index (κ2) is 5.61. The molecule has 1 aliphatic rings. The summed E-state index contributed by atoms with van der Waals surface area (Å²) in [6.45, 7) is 6.41. The maximum atomic E-state index is 9.78. The van der Waals surface area contributed by atoms with Gasteiger partial charge in [0.25, 0.3) is 0 Å². The van der Waals surface area contributed by atoms with Gasteiger partial charge in [0.15, 0.2) is 6.29 Å². The quantitative estimate of drug-likeness (QED) is 0.664. The predicted molar refractivity (Wildman–Crippen MR) is 58.4 cm³/mol. The van der Waals surface area contributed by atoms with Gasteiger partial charge in [0.05, 0.1) is 6.10 Å². The molecule has 0 spiro atoms. The van der Waals surface area contributed by atoms with Gasteiger partial charge in [-0.05, 0) is 26.8 Å². The van der Waals surface area contributed by atoms with E-state index < -0.39 is 12.4 Å². The van der Waals surface area contributed by atoms with E-state index in [1.165, 1.54) is 0 Å². The molecular formula is C11H21NO3. The molecule has 0 saturated carbocycles. The number of likely N-dealkylation sites (N-methyl/N-ethyl adjacent to an activating group) is 1. The molecule has 0 aromatic carbocycles. The fourth-order valence-electron chi connectivity index (χ4n) is 1.95. The van der Waals surface area contributed by atoms with Gasteiger partial charge in [-0.25, -0.2) is 0 Å². The molecule has 4 atom stereocenters. The maximum Gasteiger partial charge on any atom is 0.182 e. The Morgan fingerprint density at radius 1 is 1.53 bits per heavy atom. The van der Waals surface area contributed by atoms with E-state index in [1.807, 2.05) is 20.0 Å². The standard InChI is InChI=1S/C11H21NO3/c1-4-5-6-12(3)9-7-8(2)15-11(14)10(9)13/h4,8-11,13-14H,1,5-7H2,2-3H3/t8-,9+,10-,11-/m1/s1. The van der Waals surface area contributed by atoms with Crippen LogP contribution in [0.15, 0.2) is 12.7 Å². The summed E-state index contributed by atoms with van der Waals surface area (Å²) in [5.41, 5.74) is 0. The number of aliphatic hydroxyl groups excluding tert-OH is 2. The predicted octanol–water partition coefficient (Wildman–Crippen LogP) is 0.351. The van der Waals surface area contributed by atoms with Crippen LogP contribution in [0, 0.1) is 0 Å². The summed E-state index contributed by atoms with van der Waals surface area (Å²) in [6.07, 6.45) is 1.57. The van der Waals surface area contributed by atoms with Crippen LogP contribution in [0.4, 0.5) is 0 Å². The van der Waals surface area contributed by atoms with Crippen molar-refractivity contribution in [3.63, 3.8) is 0 Å². The summed E-state index contributed by atoms with van der Waals surface area (Å²) in [7, 11) is 1.95. The largest absolute Gasteiger partial charge is 0.386 e. The monoisotopic (exact) mass is 215 g/mol. The van der Waals surface area contributed by atoms with Gasteiger partial charge in [-0.2, -0.15) is 0 Å². The lowest BCUT2D eigenvalue weighted by molar-refractivity contribution is -0.231. The van der Waals surface area contributed by atoms with Crippen molar-refractivity contribution in [1.29, 1.82) is 0 Å². The summed E-state index contributed by atoms with van der Waals surface area (Å²) >= 11 is 0. The molecule has 4 heteroatoms. The highest BCUT2D eigenvalue weighted by Gasteiger charge is 2.36. The fraction of sp³-hybridized carbons (Fsp3) is 0.818. The van der Waals surface area contributed by atoms with Crippen molar-refractivity contribution in [2.75, 3.05) is 13.6 Å². The van der Waals surface area contributed by atoms with Gasteiger partial charge >= 0.3 is 0 Å². The molecule has 88 valence electrons. The van der Waals surface area contributed by atoms with E-state index in [4.69, 9.17) is 4.74 Å². The van der Waals surface area contributed by atoms with Crippen LogP contribution in [0.5, 0.6) is 0 Å². The van der Waals surface area contributed by atoms with Crippen LogP contribution < -0.4 is 0 Å². The van der Waals surface area contributed by atoms with Gasteiger partial charge in [-0.1, -0.05) is 6.08 Å². The zero-order valence-corrected chi connectivity index (χ0v) is 9.47. The highest BCUT2D eigenvalue weighted by atomic mass is 16.6. The molecule has 0 aromatic heterocycles. The van der Waals surface area contributed by atoms with Crippen LogP contribution in [0.2, 0.25) is 0 Å². The number of hydrogen-bond acceptors (Lipinski definition) is 4. The van der Waals surface area contributed by atoms with E-state index in [-0.39, 0.29) is 12.1 Å². The molecule has 1 saturated heterocycles. The van der Waals surface area contributed by atoms with Crippen molar-refractivity contribution in [1.82, 2.24) is 4.90 Å². The molecule has 1 aliphatic heterocycles. The van der Waals surface area contributed by atoms with Crippen LogP contribution in [-0.4, -0.2) is 53.2 Å². The van der Waals surface area contributed by atoms with Crippen molar-refractivity contribution in [3.05, 3.63) is 12.7 Å². The molecule has 0 unspecified atom stereocenters. The first-order valence-electron chi connectivity index (χ1n) is 5.39. The smallest absolute Gasteiger partial charge is 0.182 e. The second-order valence-corrected chi connectivity index (χ2v) is 4.19. The third-order valence-electron chi connectivity index (χ3n) is 2.88. The minimum Gasteiger partial charge on any atom is -0.386 e. The van der Waals surface area contributed by atoms with Crippen LogP contribution >= 0.6 is 0 Å². The van der Waals surface area contributed by atoms with E-state index in [9.17, 15) is 10.2 Å². The molecule has 1 rings (SSSR count). The Bertz CT molecular complexity index is 210. The molecule has 1 heterocycles. The summed E-state index contributed by atoms with van der Waals surface area (Å²) < 4.78 is 5.14. The van der Waals surface area contributed by atoms with E-state index in [2.05, 4.69) is 11.5 Å². The van der Waals surface area contributed by atoms with Crippen molar-refractivity contribution in [2.45, 2.75) is 44.3 Å². The first kappa shape index (κ1) is 12.6. The summed E-state index contributed by atoms with van der Waals surface area (Å²) in [6, 6.07) is -0.0382. The number of rotatable bonds is 4. The van der Waals surface area contributed by atoms with Gasteiger partial charge in [-0.3, -0.25) is 0 Å². The molecule has 0 amide bonds. The molecule has 0 aromatic rings. The Morgan fingerprint density at radius 2 is 2.20 bits per heavy atom. The van der Waals surface area contributed by atoms with Crippen LogP contribution in [0.25, 0.3) is 0 Å². The first-order chi connectivity index (χ1) is 7.06. The SMILES string of the molecule is C=CCCN(C)[C@H]1C[C@@H](C)O[C@@H](O)[C@@H]1O.